The van der Waals surface area contributed by atoms with Gasteiger partial charge in [-0.2, -0.15) is 0 Å². The molecule has 0 bridgehead atoms. The van der Waals surface area contributed by atoms with Crippen LogP contribution in [-0.2, 0) is 9.53 Å². The van der Waals surface area contributed by atoms with Crippen molar-refractivity contribution in [1.82, 2.24) is 0 Å². The van der Waals surface area contributed by atoms with Crippen LogP contribution in [0.25, 0.3) is 0 Å². The van der Waals surface area contributed by atoms with Crippen molar-refractivity contribution in [2.24, 2.45) is 0 Å². The Balaban J connectivity index is 3.16. The van der Waals surface area contributed by atoms with E-state index in [1.165, 1.54) is 14.0 Å². The second-order valence-corrected chi connectivity index (χ2v) is 4.48. The summed E-state index contributed by atoms with van der Waals surface area (Å²) in [5, 5.41) is 2.70. The second kappa shape index (κ2) is 5.29. The van der Waals surface area contributed by atoms with Crippen molar-refractivity contribution in [2.45, 2.75) is 13.8 Å². The van der Waals surface area contributed by atoms with Gasteiger partial charge in [0.25, 0.3) is 0 Å². The van der Waals surface area contributed by atoms with Gasteiger partial charge in [-0.25, -0.2) is 4.79 Å². The van der Waals surface area contributed by atoms with Gasteiger partial charge in [-0.1, -0.05) is 0 Å². The van der Waals surface area contributed by atoms with Crippen molar-refractivity contribution >= 4 is 40.2 Å². The fourth-order valence-electron chi connectivity index (χ4n) is 1.30. The number of nitrogens with one attached hydrogen (secondary N) is 1. The molecule has 1 N–H and O–H groups in total. The quantitative estimate of drug-likeness (QED) is 0.668. The molecule has 1 aromatic carbocycles. The zero-order valence-electron chi connectivity index (χ0n) is 9.26. The lowest BCUT2D eigenvalue weighted by molar-refractivity contribution is -0.114. The first kappa shape index (κ1) is 13.0. The summed E-state index contributed by atoms with van der Waals surface area (Å²) >= 11 is 2.06. The first-order chi connectivity index (χ1) is 7.45. The van der Waals surface area contributed by atoms with Crippen LogP contribution in [0.5, 0.6) is 0 Å². The van der Waals surface area contributed by atoms with Gasteiger partial charge in [-0.3, -0.25) is 4.79 Å². The lowest BCUT2D eigenvalue weighted by Gasteiger charge is -2.10. The summed E-state index contributed by atoms with van der Waals surface area (Å²) in [5.74, 6) is -0.507. The summed E-state index contributed by atoms with van der Waals surface area (Å²) in [6.07, 6.45) is 0. The van der Waals surface area contributed by atoms with Crippen molar-refractivity contribution in [2.75, 3.05) is 12.4 Å². The van der Waals surface area contributed by atoms with E-state index in [1.807, 2.05) is 0 Å². The van der Waals surface area contributed by atoms with Crippen molar-refractivity contribution < 1.29 is 14.3 Å². The molecule has 0 heterocycles. The predicted molar refractivity (Wildman–Crippen MR) is 69.5 cm³/mol. The summed E-state index contributed by atoms with van der Waals surface area (Å²) in [6.45, 7) is 3.24. The number of esters is 1. The van der Waals surface area contributed by atoms with E-state index in [1.54, 1.807) is 19.1 Å². The third-order valence-corrected chi connectivity index (χ3v) is 2.92. The molecule has 5 heteroatoms. The minimum Gasteiger partial charge on any atom is -0.465 e. The molecule has 4 nitrogen and oxygen atoms in total. The molecule has 0 aliphatic heterocycles. The van der Waals surface area contributed by atoms with E-state index >= 15 is 0 Å². The highest BCUT2D eigenvalue weighted by molar-refractivity contribution is 14.1. The standard InChI is InChI=1S/C11H12INO3/c1-6-4-10(13-7(2)14)9(12)5-8(6)11(15)16-3/h4-5H,1-3H3,(H,13,14). The Morgan fingerprint density at radius 1 is 1.38 bits per heavy atom. The topological polar surface area (TPSA) is 55.4 Å². The first-order valence-corrected chi connectivity index (χ1v) is 5.69. The lowest BCUT2D eigenvalue weighted by Crippen LogP contribution is -2.10. The van der Waals surface area contributed by atoms with E-state index in [0.717, 1.165) is 9.13 Å². The van der Waals surface area contributed by atoms with Crippen LogP contribution in [0.3, 0.4) is 0 Å². The Hall–Kier alpha value is -1.11. The highest BCUT2D eigenvalue weighted by Crippen LogP contribution is 2.23. The second-order valence-electron chi connectivity index (χ2n) is 3.32. The molecule has 0 saturated heterocycles. The summed E-state index contributed by atoms with van der Waals surface area (Å²) in [7, 11) is 1.34. The monoisotopic (exact) mass is 333 g/mol. The first-order valence-electron chi connectivity index (χ1n) is 4.61. The number of benzene rings is 1. The summed E-state index contributed by atoms with van der Waals surface area (Å²) in [5.41, 5.74) is 2.00. The number of aryl methyl sites for hydroxylation is 1. The summed E-state index contributed by atoms with van der Waals surface area (Å²) in [6, 6.07) is 3.46. The molecule has 86 valence electrons. The van der Waals surface area contributed by atoms with Crippen LogP contribution in [-0.4, -0.2) is 19.0 Å². The zero-order valence-corrected chi connectivity index (χ0v) is 11.4. The van der Waals surface area contributed by atoms with Crippen molar-refractivity contribution in [3.63, 3.8) is 0 Å². The maximum Gasteiger partial charge on any atom is 0.338 e. The Morgan fingerprint density at radius 3 is 2.50 bits per heavy atom. The van der Waals surface area contributed by atoms with Crippen LogP contribution in [0.2, 0.25) is 0 Å². The largest absolute Gasteiger partial charge is 0.465 e. The van der Waals surface area contributed by atoms with Gasteiger partial charge >= 0.3 is 5.97 Å². The Kier molecular flexibility index (Phi) is 4.28. The maximum atomic E-state index is 11.4. The third-order valence-electron chi connectivity index (χ3n) is 2.03. The highest BCUT2D eigenvalue weighted by Gasteiger charge is 2.12. The van der Waals surface area contributed by atoms with Crippen LogP contribution >= 0.6 is 22.6 Å². The average Bonchev–Trinajstić information content (AvgIpc) is 2.21. The number of hydrogen-bond donors (Lipinski definition) is 1. The van der Waals surface area contributed by atoms with E-state index in [2.05, 4.69) is 32.6 Å². The maximum absolute atomic E-state index is 11.4. The molecule has 0 unspecified atom stereocenters. The molecule has 0 atom stereocenters. The Morgan fingerprint density at radius 2 is 2.00 bits per heavy atom. The number of rotatable bonds is 2. The van der Waals surface area contributed by atoms with Gasteiger partial charge in [-0.15, -0.1) is 0 Å². The fourth-order valence-corrected chi connectivity index (χ4v) is 1.90. The Bertz CT molecular complexity index is 443. The summed E-state index contributed by atoms with van der Waals surface area (Å²) < 4.78 is 5.47. The Labute approximate surface area is 108 Å². The van der Waals surface area contributed by atoms with Gasteiger partial charge in [0, 0.05) is 10.5 Å². The number of amides is 1. The molecule has 1 aromatic rings. The van der Waals surface area contributed by atoms with Crippen LogP contribution in [0, 0.1) is 10.5 Å². The van der Waals surface area contributed by atoms with Gasteiger partial charge in [0.1, 0.15) is 0 Å². The molecular weight excluding hydrogens is 321 g/mol. The molecule has 0 fully saturated rings. The van der Waals surface area contributed by atoms with E-state index in [4.69, 9.17) is 0 Å². The summed E-state index contributed by atoms with van der Waals surface area (Å²) in [4.78, 5) is 22.4. The van der Waals surface area contributed by atoms with Gasteiger partial charge in [0.15, 0.2) is 0 Å². The molecule has 0 radical (unpaired) electrons. The molecule has 16 heavy (non-hydrogen) atoms. The molecule has 0 saturated carbocycles. The van der Waals surface area contributed by atoms with E-state index in [0.29, 0.717) is 11.3 Å². The molecule has 0 aromatic heterocycles. The van der Waals surface area contributed by atoms with Gasteiger partial charge in [-0.05, 0) is 47.2 Å². The van der Waals surface area contributed by atoms with Crippen LogP contribution in [0.15, 0.2) is 12.1 Å². The van der Waals surface area contributed by atoms with Crippen molar-refractivity contribution in [1.29, 1.82) is 0 Å². The normalized spacial score (nSPS) is 9.75. The smallest absolute Gasteiger partial charge is 0.338 e. The van der Waals surface area contributed by atoms with Crippen LogP contribution < -0.4 is 5.32 Å². The average molecular weight is 333 g/mol. The lowest BCUT2D eigenvalue weighted by atomic mass is 10.1. The fraction of sp³-hybridized carbons (Fsp3) is 0.273. The molecule has 0 aliphatic rings. The third kappa shape index (κ3) is 2.94. The highest BCUT2D eigenvalue weighted by atomic mass is 127. The van der Waals surface area contributed by atoms with E-state index in [9.17, 15) is 9.59 Å². The van der Waals surface area contributed by atoms with E-state index in [-0.39, 0.29) is 11.9 Å². The van der Waals surface area contributed by atoms with Gasteiger partial charge in [0.05, 0.1) is 18.4 Å². The van der Waals surface area contributed by atoms with Gasteiger partial charge < -0.3 is 10.1 Å². The predicted octanol–water partition coefficient (Wildman–Crippen LogP) is 2.34. The number of methoxy groups -OCH3 is 1. The molecule has 1 amide bonds. The number of halogens is 1. The van der Waals surface area contributed by atoms with Crippen LogP contribution in [0.1, 0.15) is 22.8 Å². The number of carbonyl (C=O) groups excluding carboxylic acids is 2. The van der Waals surface area contributed by atoms with Crippen molar-refractivity contribution in [3.8, 4) is 0 Å². The number of anilines is 1. The number of hydrogen-bond acceptors (Lipinski definition) is 3. The van der Waals surface area contributed by atoms with Crippen LogP contribution in [0.4, 0.5) is 5.69 Å². The molecule has 0 aliphatic carbocycles. The minimum absolute atomic E-state index is 0.136. The molecule has 1 rings (SSSR count). The van der Waals surface area contributed by atoms with E-state index < -0.39 is 0 Å². The van der Waals surface area contributed by atoms with Gasteiger partial charge in [0.2, 0.25) is 5.91 Å². The van der Waals surface area contributed by atoms with Crippen molar-refractivity contribution in [3.05, 3.63) is 26.8 Å². The molecule has 0 spiro atoms. The minimum atomic E-state index is -0.371. The number of carbonyl (C=O) groups is 2. The number of ether oxygens (including phenoxy) is 1. The molecular formula is C11H12INO3. The SMILES string of the molecule is COC(=O)c1cc(I)c(NC(C)=O)cc1C. The zero-order chi connectivity index (χ0) is 12.3.